The van der Waals surface area contributed by atoms with Gasteiger partial charge in [-0.25, -0.2) is 0 Å². The summed E-state index contributed by atoms with van der Waals surface area (Å²) >= 11 is 0. The van der Waals surface area contributed by atoms with Crippen LogP contribution < -0.4 is 10.4 Å². The zero-order valence-electron chi connectivity index (χ0n) is 14.3. The van der Waals surface area contributed by atoms with Gasteiger partial charge >= 0.3 is 0 Å². The van der Waals surface area contributed by atoms with Crippen LogP contribution in [0.1, 0.15) is 12.0 Å². The second-order valence-electron chi connectivity index (χ2n) is 7.51. The van der Waals surface area contributed by atoms with Crippen LogP contribution in [-0.2, 0) is 0 Å². The molecular formula is C19H28OSi2. The molecule has 0 saturated carbocycles. The lowest BCUT2D eigenvalue weighted by Gasteiger charge is -2.28. The van der Waals surface area contributed by atoms with E-state index in [1.807, 2.05) is 18.2 Å². The third-order valence-electron chi connectivity index (χ3n) is 4.25. The van der Waals surface area contributed by atoms with E-state index in [0.717, 1.165) is 22.8 Å². The lowest BCUT2D eigenvalue weighted by molar-refractivity contribution is 0.562. The molecule has 2 rings (SSSR count). The zero-order valence-corrected chi connectivity index (χ0v) is 16.3. The van der Waals surface area contributed by atoms with E-state index in [9.17, 15) is 4.80 Å². The summed E-state index contributed by atoms with van der Waals surface area (Å²) in [4.78, 5) is 11.6. The van der Waals surface area contributed by atoms with Gasteiger partial charge < -0.3 is 4.80 Å². The van der Waals surface area contributed by atoms with Crippen molar-refractivity contribution in [1.29, 1.82) is 0 Å². The molecular weight excluding hydrogens is 300 g/mol. The maximum absolute atomic E-state index is 11.6. The van der Waals surface area contributed by atoms with Crippen molar-refractivity contribution in [3.63, 3.8) is 0 Å². The number of rotatable bonds is 6. The Labute approximate surface area is 137 Å². The fourth-order valence-corrected chi connectivity index (χ4v) is 7.53. The third-order valence-corrected chi connectivity index (χ3v) is 9.75. The number of hydrogen-bond donors (Lipinski definition) is 1. The zero-order chi connectivity index (χ0) is 16.2. The minimum atomic E-state index is -2.60. The summed E-state index contributed by atoms with van der Waals surface area (Å²) in [7, 11) is -3.66. The van der Waals surface area contributed by atoms with Gasteiger partial charge in [0.15, 0.2) is 0 Å². The van der Waals surface area contributed by atoms with E-state index in [-0.39, 0.29) is 0 Å². The Morgan fingerprint density at radius 3 is 1.86 bits per heavy atom. The molecule has 0 aliphatic carbocycles. The quantitative estimate of drug-likeness (QED) is 0.800. The van der Waals surface area contributed by atoms with Crippen LogP contribution >= 0.6 is 0 Å². The maximum atomic E-state index is 11.6. The first-order chi connectivity index (χ1) is 10.3. The molecule has 2 aromatic rings. The first-order valence-electron chi connectivity index (χ1n) is 8.16. The largest absolute Gasteiger partial charge is 0.424 e. The lowest BCUT2D eigenvalue weighted by atomic mass is 10.2. The van der Waals surface area contributed by atoms with E-state index < -0.39 is 16.4 Å². The minimum absolute atomic E-state index is 0.921. The van der Waals surface area contributed by atoms with E-state index in [4.69, 9.17) is 0 Å². The monoisotopic (exact) mass is 328 g/mol. The Bertz CT molecular complexity index is 587. The van der Waals surface area contributed by atoms with Gasteiger partial charge in [-0.15, -0.1) is 0 Å². The normalized spacial score (nSPS) is 14.6. The highest BCUT2D eigenvalue weighted by Crippen LogP contribution is 2.18. The Balaban J connectivity index is 2.30. The van der Waals surface area contributed by atoms with Crippen molar-refractivity contribution in [2.24, 2.45) is 0 Å². The van der Waals surface area contributed by atoms with Crippen LogP contribution in [0, 0.1) is 6.92 Å². The molecule has 2 aromatic carbocycles. The van der Waals surface area contributed by atoms with Crippen molar-refractivity contribution in [2.75, 3.05) is 0 Å². The van der Waals surface area contributed by atoms with Gasteiger partial charge in [0.2, 0.25) is 0 Å². The van der Waals surface area contributed by atoms with Crippen LogP contribution in [0.25, 0.3) is 0 Å². The molecule has 1 unspecified atom stereocenters. The summed E-state index contributed by atoms with van der Waals surface area (Å²) in [5.74, 6) is 0. The van der Waals surface area contributed by atoms with Crippen molar-refractivity contribution in [1.82, 2.24) is 0 Å². The first-order valence-corrected chi connectivity index (χ1v) is 14.0. The minimum Gasteiger partial charge on any atom is -0.424 e. The molecule has 1 N–H and O–H groups in total. The van der Waals surface area contributed by atoms with Gasteiger partial charge in [-0.05, 0) is 23.3 Å². The second-order valence-corrected chi connectivity index (χ2v) is 16.5. The molecule has 0 aliphatic heterocycles. The van der Waals surface area contributed by atoms with Crippen LogP contribution in [0.2, 0.25) is 31.7 Å². The molecule has 0 spiro atoms. The number of hydrogen-bond acceptors (Lipinski definition) is 1. The smallest absolute Gasteiger partial charge is 0.252 e. The Morgan fingerprint density at radius 2 is 1.32 bits per heavy atom. The average Bonchev–Trinajstić information content (AvgIpc) is 2.47. The van der Waals surface area contributed by atoms with E-state index >= 15 is 0 Å². The predicted octanol–water partition coefficient (Wildman–Crippen LogP) is 3.78. The molecule has 1 atom stereocenters. The van der Waals surface area contributed by atoms with Gasteiger partial charge in [0.05, 0.1) is 0 Å². The summed E-state index contributed by atoms with van der Waals surface area (Å²) in [6.07, 6.45) is 1.13. The molecule has 0 aromatic heterocycles. The van der Waals surface area contributed by atoms with Crippen molar-refractivity contribution in [3.05, 3.63) is 60.2 Å². The molecule has 0 saturated heterocycles. The van der Waals surface area contributed by atoms with Crippen LogP contribution in [-0.4, -0.2) is 21.2 Å². The Hall–Kier alpha value is -1.17. The molecule has 0 radical (unpaired) electrons. The summed E-state index contributed by atoms with van der Waals surface area (Å²) in [6, 6.07) is 21.0. The van der Waals surface area contributed by atoms with E-state index in [0.29, 0.717) is 0 Å². The van der Waals surface area contributed by atoms with E-state index in [1.165, 1.54) is 11.6 Å². The summed E-state index contributed by atoms with van der Waals surface area (Å²) in [5, 5.41) is 2.27. The highest BCUT2D eigenvalue weighted by atomic mass is 28.4. The van der Waals surface area contributed by atoms with Gasteiger partial charge in [-0.3, -0.25) is 0 Å². The fourth-order valence-electron chi connectivity index (χ4n) is 2.87. The SMILES string of the molecule is Cc1ccc([Si](O)(CCC[Si](C)(C)C)c2ccccc2)cc1. The molecule has 1 nitrogen and oxygen atoms in total. The van der Waals surface area contributed by atoms with Crippen molar-refractivity contribution < 1.29 is 4.80 Å². The lowest BCUT2D eigenvalue weighted by Crippen LogP contribution is -2.58. The van der Waals surface area contributed by atoms with E-state index in [1.54, 1.807) is 0 Å². The van der Waals surface area contributed by atoms with Gasteiger partial charge in [0.25, 0.3) is 8.32 Å². The van der Waals surface area contributed by atoms with Gasteiger partial charge in [0, 0.05) is 8.07 Å². The van der Waals surface area contributed by atoms with Crippen LogP contribution in [0.5, 0.6) is 0 Å². The molecule has 0 heterocycles. The molecule has 0 amide bonds. The molecule has 0 bridgehead atoms. The van der Waals surface area contributed by atoms with Crippen molar-refractivity contribution >= 4 is 26.8 Å². The number of benzene rings is 2. The topological polar surface area (TPSA) is 20.2 Å². The maximum Gasteiger partial charge on any atom is 0.252 e. The number of aryl methyl sites for hydroxylation is 1. The first kappa shape index (κ1) is 17.2. The van der Waals surface area contributed by atoms with Crippen molar-refractivity contribution in [2.45, 2.75) is 45.1 Å². The summed E-state index contributed by atoms with van der Waals surface area (Å²) < 4.78 is 0. The molecule has 0 aliphatic rings. The summed E-state index contributed by atoms with van der Waals surface area (Å²) in [6.45, 7) is 9.31. The van der Waals surface area contributed by atoms with Crippen LogP contribution in [0.4, 0.5) is 0 Å². The molecule has 3 heteroatoms. The van der Waals surface area contributed by atoms with Gasteiger partial charge in [-0.2, -0.15) is 0 Å². The highest BCUT2D eigenvalue weighted by molar-refractivity contribution is 6.96. The summed E-state index contributed by atoms with van der Waals surface area (Å²) in [5.41, 5.74) is 1.25. The van der Waals surface area contributed by atoms with E-state index in [2.05, 4.69) is 63.0 Å². The van der Waals surface area contributed by atoms with Crippen LogP contribution in [0.3, 0.4) is 0 Å². The second kappa shape index (κ2) is 6.94. The molecule has 22 heavy (non-hydrogen) atoms. The predicted molar refractivity (Wildman–Crippen MR) is 102 cm³/mol. The molecule has 118 valence electrons. The van der Waals surface area contributed by atoms with Crippen LogP contribution in [0.15, 0.2) is 54.6 Å². The highest BCUT2D eigenvalue weighted by Gasteiger charge is 2.35. The standard InChI is InChI=1S/C19H28OSi2/c1-17-11-13-19(14-12-17)22(20,16-8-15-21(2,3)4)18-9-6-5-7-10-18/h5-7,9-14,20H,8,15-16H2,1-4H3. The Morgan fingerprint density at radius 1 is 0.773 bits per heavy atom. The third kappa shape index (κ3) is 4.42. The van der Waals surface area contributed by atoms with Gasteiger partial charge in [0.1, 0.15) is 0 Å². The average molecular weight is 329 g/mol. The fraction of sp³-hybridized carbons (Fsp3) is 0.368. The molecule has 0 fully saturated rings. The van der Waals surface area contributed by atoms with Crippen molar-refractivity contribution in [3.8, 4) is 0 Å². The van der Waals surface area contributed by atoms with Gasteiger partial charge in [-0.1, -0.05) is 92.3 Å². The Kier molecular flexibility index (Phi) is 5.43.